The highest BCUT2D eigenvalue weighted by Gasteiger charge is 2.14. The van der Waals surface area contributed by atoms with Crippen molar-refractivity contribution in [3.63, 3.8) is 0 Å². The monoisotopic (exact) mass is 468 g/mol. The van der Waals surface area contributed by atoms with Crippen molar-refractivity contribution in [3.8, 4) is 17.6 Å². The fourth-order valence-electron chi connectivity index (χ4n) is 2.23. The Bertz CT molecular complexity index is 939. The topological polar surface area (TPSA) is 71.3 Å². The lowest BCUT2D eigenvalue weighted by Gasteiger charge is -2.12. The van der Waals surface area contributed by atoms with Gasteiger partial charge in [0.2, 0.25) is 0 Å². The Morgan fingerprint density at radius 2 is 2.07 bits per heavy atom. The molecular formula is C19H15BrCl2N2O3. The van der Waals surface area contributed by atoms with Crippen molar-refractivity contribution in [1.82, 2.24) is 0 Å². The van der Waals surface area contributed by atoms with Gasteiger partial charge in [-0.1, -0.05) is 23.2 Å². The van der Waals surface area contributed by atoms with E-state index in [0.29, 0.717) is 43.9 Å². The maximum atomic E-state index is 12.5. The molecular weight excluding hydrogens is 455 g/mol. The Kier molecular flexibility index (Phi) is 7.55. The van der Waals surface area contributed by atoms with Crippen LogP contribution in [-0.4, -0.2) is 19.6 Å². The molecule has 2 aromatic rings. The van der Waals surface area contributed by atoms with Crippen LogP contribution in [0.5, 0.6) is 11.5 Å². The predicted molar refractivity (Wildman–Crippen MR) is 111 cm³/mol. The second-order valence-electron chi connectivity index (χ2n) is 5.22. The van der Waals surface area contributed by atoms with E-state index in [2.05, 4.69) is 21.2 Å². The number of ether oxygens (including phenoxy) is 2. The third kappa shape index (κ3) is 5.39. The van der Waals surface area contributed by atoms with Gasteiger partial charge in [-0.3, -0.25) is 4.79 Å². The van der Waals surface area contributed by atoms with Crippen LogP contribution in [0.1, 0.15) is 12.5 Å². The van der Waals surface area contributed by atoms with Crippen molar-refractivity contribution < 1.29 is 14.3 Å². The van der Waals surface area contributed by atoms with E-state index in [1.807, 2.05) is 13.0 Å². The smallest absolute Gasteiger partial charge is 0.266 e. The molecule has 0 atom stereocenters. The summed E-state index contributed by atoms with van der Waals surface area (Å²) in [7, 11) is 1.53. The van der Waals surface area contributed by atoms with Gasteiger partial charge in [-0.15, -0.1) is 0 Å². The molecule has 0 heterocycles. The summed E-state index contributed by atoms with van der Waals surface area (Å²) in [4.78, 5) is 12.5. The third-order valence-electron chi connectivity index (χ3n) is 3.39. The Balaban J connectivity index is 2.36. The van der Waals surface area contributed by atoms with Crippen LogP contribution in [0.2, 0.25) is 10.0 Å². The molecule has 140 valence electrons. The highest BCUT2D eigenvalue weighted by atomic mass is 79.9. The zero-order chi connectivity index (χ0) is 20.0. The molecule has 0 fully saturated rings. The number of halogens is 3. The number of anilines is 1. The number of carbonyl (C=O) groups excluding carboxylic acids is 1. The zero-order valence-corrected chi connectivity index (χ0v) is 17.6. The van der Waals surface area contributed by atoms with Gasteiger partial charge in [0.1, 0.15) is 11.6 Å². The SMILES string of the molecule is CCOc1cc(/C=C(/C#N)C(=O)Nc2cc(Cl)ccc2Cl)cc(Br)c1OC. The molecule has 0 spiro atoms. The Labute approximate surface area is 175 Å². The molecule has 2 aromatic carbocycles. The van der Waals surface area contributed by atoms with Gasteiger partial charge in [-0.2, -0.15) is 5.26 Å². The lowest BCUT2D eigenvalue weighted by atomic mass is 10.1. The fraction of sp³-hybridized carbons (Fsp3) is 0.158. The van der Waals surface area contributed by atoms with Crippen molar-refractivity contribution >= 4 is 56.8 Å². The first-order chi connectivity index (χ1) is 12.9. The van der Waals surface area contributed by atoms with Crippen LogP contribution in [0.4, 0.5) is 5.69 Å². The van der Waals surface area contributed by atoms with E-state index >= 15 is 0 Å². The quantitative estimate of drug-likeness (QED) is 0.434. The highest BCUT2D eigenvalue weighted by Crippen LogP contribution is 2.37. The van der Waals surface area contributed by atoms with Crippen molar-refractivity contribution in [2.24, 2.45) is 0 Å². The number of rotatable bonds is 6. The molecule has 1 amide bonds. The summed E-state index contributed by atoms with van der Waals surface area (Å²) in [6.45, 7) is 2.29. The molecule has 1 N–H and O–H groups in total. The maximum absolute atomic E-state index is 12.5. The van der Waals surface area contributed by atoms with Crippen LogP contribution in [0.15, 0.2) is 40.4 Å². The van der Waals surface area contributed by atoms with Crippen molar-refractivity contribution in [1.29, 1.82) is 5.26 Å². The molecule has 0 aliphatic heterocycles. The molecule has 0 unspecified atom stereocenters. The maximum Gasteiger partial charge on any atom is 0.266 e. The summed E-state index contributed by atoms with van der Waals surface area (Å²) in [5.41, 5.74) is 0.807. The number of nitrogens with zero attached hydrogens (tertiary/aromatic N) is 1. The van der Waals surface area contributed by atoms with Gasteiger partial charge < -0.3 is 14.8 Å². The van der Waals surface area contributed by atoms with E-state index in [0.717, 1.165) is 0 Å². The summed E-state index contributed by atoms with van der Waals surface area (Å²) < 4.78 is 11.5. The minimum Gasteiger partial charge on any atom is -0.492 e. The molecule has 0 aliphatic carbocycles. The van der Waals surface area contributed by atoms with Crippen LogP contribution in [0.25, 0.3) is 6.08 Å². The van der Waals surface area contributed by atoms with Crippen LogP contribution in [0, 0.1) is 11.3 Å². The summed E-state index contributed by atoms with van der Waals surface area (Å²) in [6, 6.07) is 9.96. The second-order valence-corrected chi connectivity index (χ2v) is 6.91. The van der Waals surface area contributed by atoms with E-state index in [-0.39, 0.29) is 5.57 Å². The molecule has 2 rings (SSSR count). The van der Waals surface area contributed by atoms with Gasteiger partial charge in [0.05, 0.1) is 28.9 Å². The van der Waals surface area contributed by atoms with E-state index in [9.17, 15) is 10.1 Å². The molecule has 27 heavy (non-hydrogen) atoms. The molecule has 0 saturated carbocycles. The number of nitriles is 1. The average Bonchev–Trinajstić information content (AvgIpc) is 2.62. The van der Waals surface area contributed by atoms with Crippen molar-refractivity contribution in [3.05, 3.63) is 56.0 Å². The van der Waals surface area contributed by atoms with Crippen LogP contribution >= 0.6 is 39.1 Å². The minimum absolute atomic E-state index is 0.106. The Morgan fingerprint density at radius 1 is 1.33 bits per heavy atom. The summed E-state index contributed by atoms with van der Waals surface area (Å²) in [6.07, 6.45) is 1.44. The molecule has 0 radical (unpaired) electrons. The summed E-state index contributed by atoms with van der Waals surface area (Å²) >= 11 is 15.4. The van der Waals surface area contributed by atoms with Gasteiger partial charge in [-0.05, 0) is 64.8 Å². The first-order valence-electron chi connectivity index (χ1n) is 7.78. The number of hydrogen-bond donors (Lipinski definition) is 1. The zero-order valence-electron chi connectivity index (χ0n) is 14.5. The lowest BCUT2D eigenvalue weighted by Crippen LogP contribution is -2.13. The van der Waals surface area contributed by atoms with E-state index < -0.39 is 5.91 Å². The molecule has 0 bridgehead atoms. The third-order valence-corrected chi connectivity index (χ3v) is 4.54. The summed E-state index contributed by atoms with van der Waals surface area (Å²) in [5.74, 6) is 0.422. The van der Waals surface area contributed by atoms with Crippen molar-refractivity contribution in [2.45, 2.75) is 6.92 Å². The Hall–Kier alpha value is -2.20. The number of carbonyl (C=O) groups is 1. The lowest BCUT2D eigenvalue weighted by molar-refractivity contribution is -0.112. The number of benzene rings is 2. The number of amides is 1. The molecule has 0 saturated heterocycles. The van der Waals surface area contributed by atoms with Crippen molar-refractivity contribution in [2.75, 3.05) is 19.0 Å². The second kappa shape index (κ2) is 9.65. The molecule has 5 nitrogen and oxygen atoms in total. The average molecular weight is 470 g/mol. The number of nitrogens with one attached hydrogen (secondary N) is 1. The van der Waals surface area contributed by atoms with Gasteiger partial charge in [-0.25, -0.2) is 0 Å². The molecule has 8 heteroatoms. The molecule has 0 aliphatic rings. The number of methoxy groups -OCH3 is 1. The molecule has 0 aromatic heterocycles. The van der Waals surface area contributed by atoms with Gasteiger partial charge in [0.25, 0.3) is 5.91 Å². The first-order valence-corrected chi connectivity index (χ1v) is 9.33. The largest absolute Gasteiger partial charge is 0.492 e. The van der Waals surface area contributed by atoms with Crippen LogP contribution < -0.4 is 14.8 Å². The van der Waals surface area contributed by atoms with Gasteiger partial charge >= 0.3 is 0 Å². The van der Waals surface area contributed by atoms with Crippen LogP contribution in [-0.2, 0) is 4.79 Å². The highest BCUT2D eigenvalue weighted by molar-refractivity contribution is 9.10. The predicted octanol–water partition coefficient (Wildman–Crippen LogP) is 5.71. The van der Waals surface area contributed by atoms with Gasteiger partial charge in [0, 0.05) is 5.02 Å². The number of hydrogen-bond acceptors (Lipinski definition) is 4. The van der Waals surface area contributed by atoms with E-state index in [4.69, 9.17) is 32.7 Å². The fourth-order valence-corrected chi connectivity index (χ4v) is 3.19. The van der Waals surface area contributed by atoms with Crippen LogP contribution in [0.3, 0.4) is 0 Å². The van der Waals surface area contributed by atoms with E-state index in [1.54, 1.807) is 24.3 Å². The van der Waals surface area contributed by atoms with E-state index in [1.165, 1.54) is 19.3 Å². The standard InChI is InChI=1S/C19H15BrCl2N2O3/c1-3-27-17-8-11(7-14(20)18(17)26-2)6-12(10-23)19(25)24-16-9-13(21)4-5-15(16)22/h4-9H,3H2,1-2H3,(H,24,25)/b12-6-. The van der Waals surface area contributed by atoms with Gasteiger partial charge in [0.15, 0.2) is 11.5 Å². The normalized spacial score (nSPS) is 10.9. The minimum atomic E-state index is -0.605. The first kappa shape index (κ1) is 21.1. The Morgan fingerprint density at radius 3 is 2.70 bits per heavy atom. The summed E-state index contributed by atoms with van der Waals surface area (Å²) in [5, 5.41) is 12.7.